The van der Waals surface area contributed by atoms with Gasteiger partial charge in [-0.3, -0.25) is 14.6 Å². The standard InChI is InChI=1S/C22H25N3O2/c26-20(19-8-13-23-14-9-19)25-16-5-12-22(25)11-4-15-24(21(22)27)17-10-18-6-2-1-3-7-18/h1-3,6-9,13-14H,4-5,10-12,15-17H2. The molecular formula is C22H25N3O2. The topological polar surface area (TPSA) is 53.5 Å². The zero-order valence-corrected chi connectivity index (χ0v) is 15.5. The maximum atomic E-state index is 13.4. The number of carbonyl (C=O) groups excluding carboxylic acids is 2. The van der Waals surface area contributed by atoms with E-state index in [4.69, 9.17) is 0 Å². The molecule has 2 saturated heterocycles. The molecule has 1 unspecified atom stereocenters. The van der Waals surface area contributed by atoms with Crippen molar-refractivity contribution in [1.82, 2.24) is 14.8 Å². The smallest absolute Gasteiger partial charge is 0.254 e. The molecule has 27 heavy (non-hydrogen) atoms. The van der Waals surface area contributed by atoms with Crippen LogP contribution in [0.5, 0.6) is 0 Å². The highest BCUT2D eigenvalue weighted by Crippen LogP contribution is 2.39. The van der Waals surface area contributed by atoms with Crippen LogP contribution in [0.3, 0.4) is 0 Å². The number of hydrogen-bond donors (Lipinski definition) is 0. The lowest BCUT2D eigenvalue weighted by molar-refractivity contribution is -0.145. The zero-order valence-electron chi connectivity index (χ0n) is 15.5. The molecule has 0 aliphatic carbocycles. The quantitative estimate of drug-likeness (QED) is 0.839. The van der Waals surface area contributed by atoms with Gasteiger partial charge in [0.25, 0.3) is 5.91 Å². The van der Waals surface area contributed by atoms with Crippen molar-refractivity contribution in [3.63, 3.8) is 0 Å². The Morgan fingerprint density at radius 3 is 2.44 bits per heavy atom. The first-order chi connectivity index (χ1) is 13.2. The van der Waals surface area contributed by atoms with Gasteiger partial charge in [-0.1, -0.05) is 30.3 Å². The second-order valence-corrected chi connectivity index (χ2v) is 7.46. The second kappa shape index (κ2) is 7.51. The molecule has 5 nitrogen and oxygen atoms in total. The Balaban J connectivity index is 1.52. The summed E-state index contributed by atoms with van der Waals surface area (Å²) in [7, 11) is 0. The maximum Gasteiger partial charge on any atom is 0.254 e. The summed E-state index contributed by atoms with van der Waals surface area (Å²) in [4.78, 5) is 34.3. The molecule has 3 heterocycles. The van der Waals surface area contributed by atoms with Crippen molar-refractivity contribution >= 4 is 11.8 Å². The van der Waals surface area contributed by atoms with Gasteiger partial charge < -0.3 is 9.80 Å². The summed E-state index contributed by atoms with van der Waals surface area (Å²) < 4.78 is 0. The molecule has 0 bridgehead atoms. The normalized spacial score (nSPS) is 22.4. The summed E-state index contributed by atoms with van der Waals surface area (Å²) >= 11 is 0. The van der Waals surface area contributed by atoms with Crippen LogP contribution in [0.2, 0.25) is 0 Å². The van der Waals surface area contributed by atoms with Crippen molar-refractivity contribution in [1.29, 1.82) is 0 Å². The van der Waals surface area contributed by atoms with E-state index in [2.05, 4.69) is 17.1 Å². The molecular weight excluding hydrogens is 338 g/mol. The second-order valence-electron chi connectivity index (χ2n) is 7.46. The highest BCUT2D eigenvalue weighted by molar-refractivity contribution is 6.00. The van der Waals surface area contributed by atoms with Crippen LogP contribution in [-0.2, 0) is 11.2 Å². The number of pyridine rings is 1. The predicted octanol–water partition coefficient (Wildman–Crippen LogP) is 2.92. The number of likely N-dealkylation sites (tertiary alicyclic amines) is 2. The number of benzene rings is 1. The van der Waals surface area contributed by atoms with E-state index in [1.165, 1.54) is 5.56 Å². The summed E-state index contributed by atoms with van der Waals surface area (Å²) in [5.41, 5.74) is 1.19. The molecule has 2 aliphatic heterocycles. The van der Waals surface area contributed by atoms with E-state index in [1.807, 2.05) is 28.0 Å². The van der Waals surface area contributed by atoms with E-state index in [0.717, 1.165) is 38.6 Å². The van der Waals surface area contributed by atoms with Crippen LogP contribution >= 0.6 is 0 Å². The maximum absolute atomic E-state index is 13.4. The van der Waals surface area contributed by atoms with Gasteiger partial charge in [-0.15, -0.1) is 0 Å². The summed E-state index contributed by atoms with van der Waals surface area (Å²) in [6.45, 7) is 2.14. The summed E-state index contributed by atoms with van der Waals surface area (Å²) in [6, 6.07) is 13.7. The highest BCUT2D eigenvalue weighted by atomic mass is 16.2. The van der Waals surface area contributed by atoms with Gasteiger partial charge in [-0.05, 0) is 49.8 Å². The Morgan fingerprint density at radius 2 is 1.70 bits per heavy atom. The van der Waals surface area contributed by atoms with Gasteiger partial charge in [0.1, 0.15) is 5.54 Å². The third-order valence-corrected chi connectivity index (χ3v) is 5.88. The number of hydrogen-bond acceptors (Lipinski definition) is 3. The number of carbonyl (C=O) groups is 2. The molecule has 140 valence electrons. The summed E-state index contributed by atoms with van der Waals surface area (Å²) in [5, 5.41) is 0. The van der Waals surface area contributed by atoms with Crippen LogP contribution in [0.4, 0.5) is 0 Å². The lowest BCUT2D eigenvalue weighted by atomic mass is 9.85. The van der Waals surface area contributed by atoms with Gasteiger partial charge >= 0.3 is 0 Å². The molecule has 4 rings (SSSR count). The Morgan fingerprint density at radius 1 is 1.00 bits per heavy atom. The molecule has 1 atom stereocenters. The van der Waals surface area contributed by atoms with Crippen molar-refractivity contribution in [3.05, 3.63) is 66.0 Å². The van der Waals surface area contributed by atoms with Gasteiger partial charge in [0.2, 0.25) is 5.91 Å². The number of aromatic nitrogens is 1. The average Bonchev–Trinajstić information content (AvgIpc) is 3.14. The Labute approximate surface area is 160 Å². The summed E-state index contributed by atoms with van der Waals surface area (Å²) in [6.07, 6.45) is 7.47. The van der Waals surface area contributed by atoms with Crippen LogP contribution < -0.4 is 0 Å². The number of rotatable bonds is 4. The highest BCUT2D eigenvalue weighted by Gasteiger charge is 2.52. The van der Waals surface area contributed by atoms with E-state index < -0.39 is 5.54 Å². The minimum Gasteiger partial charge on any atom is -0.340 e. The van der Waals surface area contributed by atoms with Crippen LogP contribution in [-0.4, -0.2) is 51.8 Å². The van der Waals surface area contributed by atoms with Gasteiger partial charge in [0, 0.05) is 37.6 Å². The van der Waals surface area contributed by atoms with E-state index in [1.54, 1.807) is 24.5 Å². The fourth-order valence-electron chi connectivity index (χ4n) is 4.49. The van der Waals surface area contributed by atoms with E-state index in [0.29, 0.717) is 18.7 Å². The van der Waals surface area contributed by atoms with Crippen molar-refractivity contribution in [2.75, 3.05) is 19.6 Å². The third-order valence-electron chi connectivity index (χ3n) is 5.88. The molecule has 0 radical (unpaired) electrons. The van der Waals surface area contributed by atoms with Gasteiger partial charge in [-0.2, -0.15) is 0 Å². The van der Waals surface area contributed by atoms with Crippen molar-refractivity contribution < 1.29 is 9.59 Å². The number of nitrogens with zero attached hydrogens (tertiary/aromatic N) is 3. The first kappa shape index (κ1) is 17.7. The van der Waals surface area contributed by atoms with Crippen molar-refractivity contribution in [2.24, 2.45) is 0 Å². The third kappa shape index (κ3) is 3.34. The SMILES string of the molecule is O=C(c1ccncc1)N1CCCC12CCCN(CCc1ccccc1)C2=O. The molecule has 2 amide bonds. The Bertz CT molecular complexity index is 809. The van der Waals surface area contributed by atoms with Gasteiger partial charge in [0.05, 0.1) is 0 Å². The molecule has 2 aromatic rings. The van der Waals surface area contributed by atoms with Gasteiger partial charge in [-0.25, -0.2) is 0 Å². The molecule has 0 saturated carbocycles. The Kier molecular flexibility index (Phi) is 4.92. The minimum absolute atomic E-state index is 0.0480. The zero-order chi connectivity index (χ0) is 18.7. The minimum atomic E-state index is -0.657. The van der Waals surface area contributed by atoms with Crippen molar-refractivity contribution in [3.8, 4) is 0 Å². The van der Waals surface area contributed by atoms with Gasteiger partial charge in [0.15, 0.2) is 0 Å². The first-order valence-corrected chi connectivity index (χ1v) is 9.76. The molecule has 2 fully saturated rings. The van der Waals surface area contributed by atoms with E-state index in [9.17, 15) is 9.59 Å². The number of amides is 2. The van der Waals surface area contributed by atoms with E-state index in [-0.39, 0.29) is 11.8 Å². The van der Waals surface area contributed by atoms with Crippen molar-refractivity contribution in [2.45, 2.75) is 37.6 Å². The van der Waals surface area contributed by atoms with E-state index >= 15 is 0 Å². The summed E-state index contributed by atoms with van der Waals surface area (Å²) in [5.74, 6) is 0.0812. The molecule has 5 heteroatoms. The largest absolute Gasteiger partial charge is 0.340 e. The molecule has 1 aromatic carbocycles. The Hall–Kier alpha value is -2.69. The fraction of sp³-hybridized carbons (Fsp3) is 0.409. The molecule has 0 N–H and O–H groups in total. The number of piperidine rings is 1. The van der Waals surface area contributed by atoms with Crippen LogP contribution in [0.1, 0.15) is 41.6 Å². The van der Waals surface area contributed by atoms with Crippen LogP contribution in [0.25, 0.3) is 0 Å². The molecule has 1 aromatic heterocycles. The van der Waals surface area contributed by atoms with Crippen LogP contribution in [0, 0.1) is 0 Å². The average molecular weight is 363 g/mol. The monoisotopic (exact) mass is 363 g/mol. The molecule has 2 aliphatic rings. The fourth-order valence-corrected chi connectivity index (χ4v) is 4.49. The predicted molar refractivity (Wildman–Crippen MR) is 103 cm³/mol. The lowest BCUT2D eigenvalue weighted by Gasteiger charge is -2.44. The first-order valence-electron chi connectivity index (χ1n) is 9.76. The van der Waals surface area contributed by atoms with Crippen LogP contribution in [0.15, 0.2) is 54.9 Å². The molecule has 1 spiro atoms. The lowest BCUT2D eigenvalue weighted by Crippen LogP contribution is -2.61.